The second kappa shape index (κ2) is 3.63. The van der Waals surface area contributed by atoms with Crippen molar-refractivity contribution in [2.24, 2.45) is 4.99 Å². The zero-order chi connectivity index (χ0) is 11.1. The van der Waals surface area contributed by atoms with Crippen molar-refractivity contribution in [1.29, 1.82) is 0 Å². The van der Waals surface area contributed by atoms with E-state index < -0.39 is 0 Å². The highest BCUT2D eigenvalue weighted by Crippen LogP contribution is 2.26. The maximum atomic E-state index is 11.7. The van der Waals surface area contributed by atoms with E-state index in [9.17, 15) is 9.59 Å². The first-order valence-corrected chi connectivity index (χ1v) is 5.88. The molecule has 0 aromatic carbocycles. The Hall–Kier alpha value is -1.29. The molecule has 1 fully saturated rings. The number of carbonyl (C=O) groups excluding carboxylic acids is 2. The summed E-state index contributed by atoms with van der Waals surface area (Å²) in [6, 6.07) is 0.300. The SMILES string of the molecule is O=C1CCC2NC3CCCC=C3N=C2C1=O. The smallest absolute Gasteiger partial charge is 0.244 e. The van der Waals surface area contributed by atoms with E-state index in [1.807, 2.05) is 0 Å². The number of fused-ring (bicyclic) bond motifs is 2. The minimum absolute atomic E-state index is 0.00505. The summed E-state index contributed by atoms with van der Waals surface area (Å²) in [5.74, 6) is -0.666. The van der Waals surface area contributed by atoms with E-state index in [2.05, 4.69) is 16.4 Å². The number of nitrogens with zero attached hydrogens (tertiary/aromatic N) is 1. The van der Waals surface area contributed by atoms with Gasteiger partial charge < -0.3 is 5.32 Å². The Labute approximate surface area is 93.8 Å². The molecule has 84 valence electrons. The second-order valence-electron chi connectivity index (χ2n) is 4.62. The van der Waals surface area contributed by atoms with E-state index in [1.165, 1.54) is 6.42 Å². The normalized spacial score (nSPS) is 33.8. The molecule has 0 radical (unpaired) electrons. The van der Waals surface area contributed by atoms with Crippen LogP contribution >= 0.6 is 0 Å². The predicted octanol–water partition coefficient (Wildman–Crippen LogP) is 0.768. The number of carbonyl (C=O) groups is 2. The van der Waals surface area contributed by atoms with Crippen LogP contribution in [-0.2, 0) is 9.59 Å². The molecular formula is C12H14N2O2. The van der Waals surface area contributed by atoms with Gasteiger partial charge in [0.25, 0.3) is 0 Å². The first-order valence-electron chi connectivity index (χ1n) is 5.88. The van der Waals surface area contributed by atoms with Crippen molar-refractivity contribution < 1.29 is 9.59 Å². The van der Waals surface area contributed by atoms with Crippen LogP contribution in [0.5, 0.6) is 0 Å². The largest absolute Gasteiger partial charge is 0.300 e. The zero-order valence-corrected chi connectivity index (χ0v) is 9.03. The molecule has 3 aliphatic rings. The van der Waals surface area contributed by atoms with E-state index in [0.717, 1.165) is 18.5 Å². The summed E-state index contributed by atoms with van der Waals surface area (Å²) in [7, 11) is 0. The minimum atomic E-state index is -0.381. The molecule has 1 saturated carbocycles. The fraction of sp³-hybridized carbons (Fsp3) is 0.583. The average molecular weight is 218 g/mol. The van der Waals surface area contributed by atoms with E-state index >= 15 is 0 Å². The Kier molecular flexibility index (Phi) is 2.24. The van der Waals surface area contributed by atoms with Crippen LogP contribution in [0, 0.1) is 0 Å². The van der Waals surface area contributed by atoms with Crippen molar-refractivity contribution in [3.05, 3.63) is 11.8 Å². The van der Waals surface area contributed by atoms with Crippen LogP contribution in [0.2, 0.25) is 0 Å². The number of rotatable bonds is 0. The average Bonchev–Trinajstić information content (AvgIpc) is 2.32. The van der Waals surface area contributed by atoms with Gasteiger partial charge >= 0.3 is 0 Å². The highest BCUT2D eigenvalue weighted by atomic mass is 16.2. The predicted molar refractivity (Wildman–Crippen MR) is 59.3 cm³/mol. The highest BCUT2D eigenvalue weighted by Gasteiger charge is 2.38. The van der Waals surface area contributed by atoms with Gasteiger partial charge in [0.1, 0.15) is 5.71 Å². The maximum absolute atomic E-state index is 11.7. The monoisotopic (exact) mass is 218 g/mol. The minimum Gasteiger partial charge on any atom is -0.300 e. The fourth-order valence-corrected chi connectivity index (χ4v) is 2.65. The van der Waals surface area contributed by atoms with Crippen LogP contribution in [0.3, 0.4) is 0 Å². The lowest BCUT2D eigenvalue weighted by Crippen LogP contribution is -2.54. The summed E-state index contributed by atoms with van der Waals surface area (Å²) in [5, 5.41) is 3.44. The van der Waals surface area contributed by atoms with Gasteiger partial charge in [-0.3, -0.25) is 14.6 Å². The van der Waals surface area contributed by atoms with Gasteiger partial charge in [-0.05, 0) is 25.7 Å². The molecule has 2 aliphatic carbocycles. The van der Waals surface area contributed by atoms with Crippen molar-refractivity contribution in [3.63, 3.8) is 0 Å². The lowest BCUT2D eigenvalue weighted by molar-refractivity contribution is -0.133. The van der Waals surface area contributed by atoms with E-state index in [4.69, 9.17) is 0 Å². The van der Waals surface area contributed by atoms with Crippen LogP contribution in [0.15, 0.2) is 16.8 Å². The van der Waals surface area contributed by atoms with Crippen molar-refractivity contribution in [3.8, 4) is 0 Å². The lowest BCUT2D eigenvalue weighted by Gasteiger charge is -2.35. The fourth-order valence-electron chi connectivity index (χ4n) is 2.65. The van der Waals surface area contributed by atoms with Crippen LogP contribution in [0.4, 0.5) is 0 Å². The van der Waals surface area contributed by atoms with Crippen LogP contribution < -0.4 is 5.32 Å². The van der Waals surface area contributed by atoms with Crippen LogP contribution in [0.25, 0.3) is 0 Å². The summed E-state index contributed by atoms with van der Waals surface area (Å²) in [6.45, 7) is 0. The molecule has 3 rings (SSSR count). The number of aliphatic imine (C=N–C) groups is 1. The molecule has 2 atom stereocenters. The molecule has 4 nitrogen and oxygen atoms in total. The molecule has 1 aliphatic heterocycles. The van der Waals surface area contributed by atoms with Crippen LogP contribution in [-0.4, -0.2) is 29.4 Å². The third-order valence-corrected chi connectivity index (χ3v) is 3.54. The Morgan fingerprint density at radius 1 is 1.25 bits per heavy atom. The molecule has 1 heterocycles. The highest BCUT2D eigenvalue weighted by molar-refractivity contribution is 6.67. The van der Waals surface area contributed by atoms with Gasteiger partial charge in [0.2, 0.25) is 11.6 Å². The summed E-state index contributed by atoms with van der Waals surface area (Å²) in [4.78, 5) is 27.4. The summed E-state index contributed by atoms with van der Waals surface area (Å²) < 4.78 is 0. The van der Waals surface area contributed by atoms with Gasteiger partial charge in [0.15, 0.2) is 0 Å². The van der Waals surface area contributed by atoms with E-state index in [-0.39, 0.29) is 17.6 Å². The van der Waals surface area contributed by atoms with Crippen molar-refractivity contribution in [2.75, 3.05) is 0 Å². The summed E-state index contributed by atoms with van der Waals surface area (Å²) in [5.41, 5.74) is 1.40. The number of ketones is 2. The van der Waals surface area contributed by atoms with Gasteiger partial charge in [0, 0.05) is 12.5 Å². The first-order chi connectivity index (χ1) is 7.75. The maximum Gasteiger partial charge on any atom is 0.244 e. The Morgan fingerprint density at radius 3 is 3.00 bits per heavy atom. The second-order valence-corrected chi connectivity index (χ2v) is 4.62. The van der Waals surface area contributed by atoms with Gasteiger partial charge in [-0.1, -0.05) is 6.08 Å². The van der Waals surface area contributed by atoms with Gasteiger partial charge in [0.05, 0.1) is 11.7 Å². The summed E-state index contributed by atoms with van der Waals surface area (Å²) >= 11 is 0. The van der Waals surface area contributed by atoms with Crippen molar-refractivity contribution in [2.45, 2.75) is 44.2 Å². The topological polar surface area (TPSA) is 58.5 Å². The van der Waals surface area contributed by atoms with E-state index in [0.29, 0.717) is 24.6 Å². The number of nitrogens with one attached hydrogen (secondary N) is 1. The molecule has 0 amide bonds. The molecule has 4 heteroatoms. The third-order valence-electron chi connectivity index (χ3n) is 3.54. The molecule has 0 aromatic heterocycles. The Morgan fingerprint density at radius 2 is 2.12 bits per heavy atom. The molecule has 16 heavy (non-hydrogen) atoms. The summed E-state index contributed by atoms with van der Waals surface area (Å²) in [6.07, 6.45) is 6.44. The molecule has 2 unspecified atom stereocenters. The Bertz CT molecular complexity index is 423. The molecular weight excluding hydrogens is 204 g/mol. The molecule has 0 spiro atoms. The molecule has 1 N–H and O–H groups in total. The third kappa shape index (κ3) is 1.45. The zero-order valence-electron chi connectivity index (χ0n) is 9.03. The van der Waals surface area contributed by atoms with Gasteiger partial charge in [-0.2, -0.15) is 0 Å². The standard InChI is InChI=1S/C12H14N2O2/c15-10-6-5-9-11(12(10)16)14-8-4-2-1-3-7(8)13-9/h4,7,9,13H,1-3,5-6H2. The number of hydrogen-bond donors (Lipinski definition) is 1. The number of hydrogen-bond acceptors (Lipinski definition) is 4. The Balaban J connectivity index is 1.98. The quantitative estimate of drug-likeness (QED) is 0.611. The van der Waals surface area contributed by atoms with E-state index in [1.54, 1.807) is 0 Å². The molecule has 0 bridgehead atoms. The van der Waals surface area contributed by atoms with Gasteiger partial charge in [-0.15, -0.1) is 0 Å². The van der Waals surface area contributed by atoms with Gasteiger partial charge in [-0.25, -0.2) is 0 Å². The molecule has 0 aromatic rings. The van der Waals surface area contributed by atoms with Crippen LogP contribution in [0.1, 0.15) is 32.1 Å². The van der Waals surface area contributed by atoms with Crippen molar-refractivity contribution in [1.82, 2.24) is 5.32 Å². The first kappa shape index (κ1) is 9.90. The lowest BCUT2D eigenvalue weighted by atomic mass is 9.86. The number of Topliss-reactive ketones (excluding diaryl/α,β-unsaturated/α-hetero) is 2. The number of allylic oxidation sites excluding steroid dienone is 1. The molecule has 0 saturated heterocycles. The van der Waals surface area contributed by atoms with Crippen molar-refractivity contribution >= 4 is 17.3 Å².